The molecule has 1 saturated heterocycles. The number of carbonyl (C=O) groups is 2. The summed E-state index contributed by atoms with van der Waals surface area (Å²) in [5, 5.41) is 2.96. The Morgan fingerprint density at radius 1 is 1.40 bits per heavy atom. The number of rotatable bonds is 5. The topological polar surface area (TPSA) is 49.4 Å². The van der Waals surface area contributed by atoms with Crippen molar-refractivity contribution < 1.29 is 9.59 Å². The number of nitrogens with zero attached hydrogens (tertiary/aromatic N) is 1. The molecule has 1 heterocycles. The highest BCUT2D eigenvalue weighted by Crippen LogP contribution is 2.33. The third kappa shape index (κ3) is 2.37. The molecular formula is C11H18N2O2. The van der Waals surface area contributed by atoms with Gasteiger partial charge in [0, 0.05) is 13.1 Å². The number of hydrogen-bond acceptors (Lipinski definition) is 3. The van der Waals surface area contributed by atoms with Crippen LogP contribution in [0.4, 0.5) is 0 Å². The lowest BCUT2D eigenvalue weighted by Crippen LogP contribution is -2.51. The summed E-state index contributed by atoms with van der Waals surface area (Å²) in [4.78, 5) is 25.1. The number of Topliss-reactive ketones (excluding diaryl/α,β-unsaturated/α-hetero) is 1. The maximum absolute atomic E-state index is 11.8. The molecular weight excluding hydrogens is 192 g/mol. The summed E-state index contributed by atoms with van der Waals surface area (Å²) in [5.41, 5.74) is 0. The lowest BCUT2D eigenvalue weighted by Gasteiger charge is -2.31. The van der Waals surface area contributed by atoms with E-state index in [1.807, 2.05) is 0 Å². The van der Waals surface area contributed by atoms with Gasteiger partial charge in [0.2, 0.25) is 5.78 Å². The highest BCUT2D eigenvalue weighted by atomic mass is 16.2. The van der Waals surface area contributed by atoms with Gasteiger partial charge in [0.05, 0.1) is 6.04 Å². The first-order valence-corrected chi connectivity index (χ1v) is 5.72. The van der Waals surface area contributed by atoms with E-state index >= 15 is 0 Å². The quantitative estimate of drug-likeness (QED) is 0.658. The first-order chi connectivity index (χ1) is 7.22. The Labute approximate surface area is 90.0 Å². The van der Waals surface area contributed by atoms with Crippen LogP contribution in [-0.4, -0.2) is 42.8 Å². The predicted molar refractivity (Wildman–Crippen MR) is 56.4 cm³/mol. The highest BCUT2D eigenvalue weighted by molar-refractivity contribution is 6.38. The molecule has 0 aromatic rings. The summed E-state index contributed by atoms with van der Waals surface area (Å²) in [7, 11) is 1.76. The van der Waals surface area contributed by atoms with E-state index in [-0.39, 0.29) is 17.7 Å². The standard InChI is InChI=1S/C11H18N2O2/c1-12-9(7-8-3-4-8)10(14)11(15)13-5-2-6-13/h8-9,12H,2-7H2,1H3/t9-/m0/s1. The van der Waals surface area contributed by atoms with Gasteiger partial charge in [-0.25, -0.2) is 0 Å². The largest absolute Gasteiger partial charge is 0.336 e. The minimum absolute atomic E-state index is 0.246. The van der Waals surface area contributed by atoms with E-state index in [0.717, 1.165) is 25.9 Å². The van der Waals surface area contributed by atoms with Gasteiger partial charge in [0.1, 0.15) is 0 Å². The number of likely N-dealkylation sites (tertiary alicyclic amines) is 1. The first-order valence-electron chi connectivity index (χ1n) is 5.72. The number of likely N-dealkylation sites (N-methyl/N-ethyl adjacent to an activating group) is 1. The van der Waals surface area contributed by atoms with E-state index in [1.165, 1.54) is 12.8 Å². The van der Waals surface area contributed by atoms with Crippen molar-refractivity contribution in [2.24, 2.45) is 5.92 Å². The van der Waals surface area contributed by atoms with Gasteiger partial charge in [-0.15, -0.1) is 0 Å². The maximum atomic E-state index is 11.8. The molecule has 2 rings (SSSR count). The first kappa shape index (κ1) is 10.6. The Hall–Kier alpha value is -0.900. The molecule has 2 fully saturated rings. The molecule has 0 aromatic heterocycles. The van der Waals surface area contributed by atoms with Gasteiger partial charge >= 0.3 is 0 Å². The summed E-state index contributed by atoms with van der Waals surface area (Å²) in [6, 6.07) is -0.259. The van der Waals surface area contributed by atoms with Crippen LogP contribution in [0.3, 0.4) is 0 Å². The molecule has 84 valence electrons. The average molecular weight is 210 g/mol. The molecule has 0 spiro atoms. The maximum Gasteiger partial charge on any atom is 0.291 e. The van der Waals surface area contributed by atoms with Crippen LogP contribution in [0, 0.1) is 5.92 Å². The molecule has 4 nitrogen and oxygen atoms in total. The van der Waals surface area contributed by atoms with Crippen LogP contribution >= 0.6 is 0 Å². The molecule has 0 radical (unpaired) electrons. The van der Waals surface area contributed by atoms with Crippen LogP contribution in [0.15, 0.2) is 0 Å². The Bertz CT molecular complexity index is 270. The summed E-state index contributed by atoms with van der Waals surface area (Å²) in [6.07, 6.45) is 4.29. The minimum atomic E-state index is -0.291. The van der Waals surface area contributed by atoms with E-state index in [9.17, 15) is 9.59 Å². The van der Waals surface area contributed by atoms with E-state index in [2.05, 4.69) is 5.32 Å². The van der Waals surface area contributed by atoms with Gasteiger partial charge in [0.25, 0.3) is 5.91 Å². The van der Waals surface area contributed by atoms with Gasteiger partial charge in [-0.1, -0.05) is 12.8 Å². The van der Waals surface area contributed by atoms with E-state index in [4.69, 9.17) is 0 Å². The molecule has 1 amide bonds. The molecule has 1 aliphatic heterocycles. The zero-order valence-corrected chi connectivity index (χ0v) is 9.16. The van der Waals surface area contributed by atoms with Crippen molar-refractivity contribution in [3.8, 4) is 0 Å². The second-order valence-electron chi connectivity index (χ2n) is 4.53. The predicted octanol–water partition coefficient (Wildman–Crippen LogP) is 0.176. The van der Waals surface area contributed by atoms with Crippen molar-refractivity contribution in [2.45, 2.75) is 31.7 Å². The summed E-state index contributed by atoms with van der Waals surface area (Å²) in [6.45, 7) is 1.51. The van der Waals surface area contributed by atoms with Gasteiger partial charge in [-0.05, 0) is 25.8 Å². The number of carbonyl (C=O) groups excluding carboxylic acids is 2. The van der Waals surface area contributed by atoms with Crippen molar-refractivity contribution in [3.63, 3.8) is 0 Å². The normalized spacial score (nSPS) is 22.1. The van der Waals surface area contributed by atoms with Gasteiger partial charge < -0.3 is 10.2 Å². The fraction of sp³-hybridized carbons (Fsp3) is 0.818. The molecule has 0 bridgehead atoms. The average Bonchev–Trinajstić information content (AvgIpc) is 2.93. The summed E-state index contributed by atoms with van der Waals surface area (Å²) in [5.74, 6) is 0.126. The molecule has 15 heavy (non-hydrogen) atoms. The molecule has 0 aromatic carbocycles. The van der Waals surface area contributed by atoms with Gasteiger partial charge in [-0.2, -0.15) is 0 Å². The molecule has 1 N–H and O–H groups in total. The van der Waals surface area contributed by atoms with Crippen LogP contribution in [0.5, 0.6) is 0 Å². The van der Waals surface area contributed by atoms with E-state index in [1.54, 1.807) is 11.9 Å². The summed E-state index contributed by atoms with van der Waals surface area (Å²) >= 11 is 0. The number of amides is 1. The second-order valence-corrected chi connectivity index (χ2v) is 4.53. The summed E-state index contributed by atoms with van der Waals surface area (Å²) < 4.78 is 0. The van der Waals surface area contributed by atoms with Gasteiger partial charge in [0.15, 0.2) is 0 Å². The highest BCUT2D eigenvalue weighted by Gasteiger charge is 2.34. The number of hydrogen-bond donors (Lipinski definition) is 1. The smallest absolute Gasteiger partial charge is 0.291 e. The third-order valence-corrected chi connectivity index (χ3v) is 3.28. The molecule has 2 aliphatic rings. The Morgan fingerprint density at radius 2 is 2.07 bits per heavy atom. The van der Waals surface area contributed by atoms with Crippen molar-refractivity contribution in [3.05, 3.63) is 0 Å². The minimum Gasteiger partial charge on any atom is -0.336 e. The van der Waals surface area contributed by atoms with Crippen LogP contribution in [0.25, 0.3) is 0 Å². The van der Waals surface area contributed by atoms with Crippen molar-refractivity contribution in [1.29, 1.82) is 0 Å². The van der Waals surface area contributed by atoms with Crippen LogP contribution in [0.2, 0.25) is 0 Å². The van der Waals surface area contributed by atoms with E-state index in [0.29, 0.717) is 5.92 Å². The lowest BCUT2D eigenvalue weighted by atomic mass is 10.0. The fourth-order valence-corrected chi connectivity index (χ4v) is 1.87. The van der Waals surface area contributed by atoms with Crippen LogP contribution in [-0.2, 0) is 9.59 Å². The molecule has 1 saturated carbocycles. The van der Waals surface area contributed by atoms with Crippen molar-refractivity contribution >= 4 is 11.7 Å². The second kappa shape index (κ2) is 4.31. The zero-order valence-electron chi connectivity index (χ0n) is 9.16. The molecule has 0 unspecified atom stereocenters. The van der Waals surface area contributed by atoms with Crippen molar-refractivity contribution in [1.82, 2.24) is 10.2 Å². The van der Waals surface area contributed by atoms with Crippen LogP contribution < -0.4 is 5.32 Å². The Kier molecular flexibility index (Phi) is 3.05. The third-order valence-electron chi connectivity index (χ3n) is 3.28. The van der Waals surface area contributed by atoms with E-state index < -0.39 is 0 Å². The molecule has 1 aliphatic carbocycles. The Balaban J connectivity index is 1.87. The fourth-order valence-electron chi connectivity index (χ4n) is 1.87. The van der Waals surface area contributed by atoms with Crippen molar-refractivity contribution in [2.75, 3.05) is 20.1 Å². The Morgan fingerprint density at radius 3 is 2.47 bits per heavy atom. The molecule has 4 heteroatoms. The van der Waals surface area contributed by atoms with Gasteiger partial charge in [-0.3, -0.25) is 9.59 Å². The number of ketones is 1. The molecule has 1 atom stereocenters. The van der Waals surface area contributed by atoms with Crippen LogP contribution in [0.1, 0.15) is 25.7 Å². The monoisotopic (exact) mass is 210 g/mol. The number of nitrogens with one attached hydrogen (secondary N) is 1. The lowest BCUT2D eigenvalue weighted by molar-refractivity contribution is -0.148. The zero-order chi connectivity index (χ0) is 10.8. The SMILES string of the molecule is CN[C@@H](CC1CC1)C(=O)C(=O)N1CCC1.